The second-order valence-corrected chi connectivity index (χ2v) is 9.64. The summed E-state index contributed by atoms with van der Waals surface area (Å²) in [6.07, 6.45) is 1.38. The van der Waals surface area contributed by atoms with Gasteiger partial charge in [-0.2, -0.15) is 0 Å². The molecule has 196 valence electrons. The number of rotatable bonds is 8. The van der Waals surface area contributed by atoms with Crippen LogP contribution in [0.5, 0.6) is 17.2 Å². The van der Waals surface area contributed by atoms with E-state index in [1.54, 1.807) is 54.6 Å². The number of methoxy groups -OCH3 is 1. The number of nitrogens with zero attached hydrogens (tertiary/aromatic N) is 1. The first-order valence-corrected chi connectivity index (χ1v) is 12.8. The van der Waals surface area contributed by atoms with Gasteiger partial charge in [0.25, 0.3) is 11.8 Å². The number of carbonyl (C=O) groups excluding carboxylic acids is 3. The number of imide groups is 2. The van der Waals surface area contributed by atoms with E-state index in [0.29, 0.717) is 43.9 Å². The second-order valence-electron chi connectivity index (χ2n) is 7.94. The van der Waals surface area contributed by atoms with Gasteiger partial charge in [-0.3, -0.25) is 14.9 Å². The Morgan fingerprint density at radius 3 is 2.39 bits per heavy atom. The molecule has 3 aromatic rings. The highest BCUT2D eigenvalue weighted by Crippen LogP contribution is 2.39. The number of benzene rings is 3. The highest BCUT2D eigenvalue weighted by molar-refractivity contribution is 9.10. The molecule has 1 N–H and O–H groups in total. The van der Waals surface area contributed by atoms with Gasteiger partial charge < -0.3 is 14.2 Å². The molecule has 0 aromatic heterocycles. The summed E-state index contributed by atoms with van der Waals surface area (Å²) in [6.45, 7) is 2.30. The van der Waals surface area contributed by atoms with Crippen molar-refractivity contribution in [2.45, 2.75) is 13.5 Å². The predicted octanol–water partition coefficient (Wildman–Crippen LogP) is 6.41. The van der Waals surface area contributed by atoms with Crippen molar-refractivity contribution in [3.63, 3.8) is 0 Å². The topological polar surface area (TPSA) is 94.2 Å². The van der Waals surface area contributed by atoms with Crippen LogP contribution in [-0.4, -0.2) is 31.6 Å². The fourth-order valence-corrected chi connectivity index (χ4v) is 4.69. The molecular formula is C27H21BrCl2N2O6. The van der Waals surface area contributed by atoms with Gasteiger partial charge in [0.05, 0.1) is 23.9 Å². The molecule has 1 heterocycles. The number of nitrogens with one attached hydrogen (secondary N) is 1. The van der Waals surface area contributed by atoms with Crippen molar-refractivity contribution in [3.05, 3.63) is 85.8 Å². The van der Waals surface area contributed by atoms with Crippen molar-refractivity contribution in [2.24, 2.45) is 0 Å². The van der Waals surface area contributed by atoms with E-state index in [4.69, 9.17) is 37.4 Å². The monoisotopic (exact) mass is 618 g/mol. The van der Waals surface area contributed by atoms with Crippen molar-refractivity contribution in [3.8, 4) is 17.2 Å². The van der Waals surface area contributed by atoms with Crippen LogP contribution in [0.4, 0.5) is 10.5 Å². The van der Waals surface area contributed by atoms with E-state index in [1.165, 1.54) is 13.2 Å². The Morgan fingerprint density at radius 1 is 1.00 bits per heavy atom. The summed E-state index contributed by atoms with van der Waals surface area (Å²) in [5.41, 5.74) is 1.26. The van der Waals surface area contributed by atoms with E-state index < -0.39 is 17.8 Å². The SMILES string of the molecule is CCOc1cc(/C=C2\C(=O)NC(=O)N(c3ccc(OC)cc3)C2=O)cc(Br)c1OCc1ccc(Cl)cc1Cl. The fourth-order valence-electron chi connectivity index (χ4n) is 3.65. The van der Waals surface area contributed by atoms with Crippen LogP contribution in [-0.2, 0) is 16.2 Å². The summed E-state index contributed by atoms with van der Waals surface area (Å²) in [4.78, 5) is 39.2. The predicted molar refractivity (Wildman–Crippen MR) is 148 cm³/mol. The molecule has 0 aliphatic carbocycles. The summed E-state index contributed by atoms with van der Waals surface area (Å²) < 4.78 is 17.4. The molecule has 8 nitrogen and oxygen atoms in total. The van der Waals surface area contributed by atoms with Crippen LogP contribution in [0.1, 0.15) is 18.1 Å². The molecule has 0 atom stereocenters. The molecule has 3 aromatic carbocycles. The van der Waals surface area contributed by atoms with Crippen LogP contribution >= 0.6 is 39.1 Å². The van der Waals surface area contributed by atoms with Crippen molar-refractivity contribution >= 4 is 68.7 Å². The summed E-state index contributed by atoms with van der Waals surface area (Å²) >= 11 is 15.7. The lowest BCUT2D eigenvalue weighted by molar-refractivity contribution is -0.122. The number of amides is 4. The first-order valence-electron chi connectivity index (χ1n) is 11.3. The molecule has 4 rings (SSSR count). The summed E-state index contributed by atoms with van der Waals surface area (Å²) in [5, 5.41) is 3.19. The van der Waals surface area contributed by atoms with E-state index in [1.807, 2.05) is 6.92 Å². The third-order valence-corrected chi connectivity index (χ3v) is 6.64. The van der Waals surface area contributed by atoms with Gasteiger partial charge in [-0.25, -0.2) is 9.69 Å². The van der Waals surface area contributed by atoms with E-state index >= 15 is 0 Å². The highest BCUT2D eigenvalue weighted by Gasteiger charge is 2.37. The summed E-state index contributed by atoms with van der Waals surface area (Å²) in [6, 6.07) is 13.9. The largest absolute Gasteiger partial charge is 0.497 e. The number of carbonyl (C=O) groups is 3. The number of anilines is 1. The highest BCUT2D eigenvalue weighted by atomic mass is 79.9. The Morgan fingerprint density at radius 2 is 1.74 bits per heavy atom. The van der Waals surface area contributed by atoms with Gasteiger partial charge in [-0.05, 0) is 83.0 Å². The lowest BCUT2D eigenvalue weighted by Gasteiger charge is -2.26. The zero-order chi connectivity index (χ0) is 27.4. The molecule has 0 bridgehead atoms. The molecule has 1 saturated heterocycles. The standard InChI is InChI=1S/C27H21BrCl2N2O6/c1-3-37-23-12-15(11-21(28)24(23)38-14-16-4-5-17(29)13-22(16)30)10-20-25(33)31-27(35)32(26(20)34)18-6-8-19(36-2)9-7-18/h4-13H,3,14H2,1-2H3,(H,31,33,35)/b20-10+. The minimum absolute atomic E-state index is 0.148. The van der Waals surface area contributed by atoms with Gasteiger partial charge in [0.15, 0.2) is 11.5 Å². The maximum Gasteiger partial charge on any atom is 0.335 e. The molecule has 0 unspecified atom stereocenters. The minimum atomic E-state index is -0.844. The third kappa shape index (κ3) is 5.96. The first kappa shape index (κ1) is 27.5. The van der Waals surface area contributed by atoms with Gasteiger partial charge in [0.2, 0.25) is 0 Å². The van der Waals surface area contributed by atoms with Gasteiger partial charge in [-0.15, -0.1) is 0 Å². The molecule has 0 radical (unpaired) electrons. The summed E-state index contributed by atoms with van der Waals surface area (Å²) in [5.74, 6) is -0.230. The Labute approximate surface area is 237 Å². The smallest absolute Gasteiger partial charge is 0.335 e. The first-order chi connectivity index (χ1) is 18.2. The van der Waals surface area contributed by atoms with E-state index in [-0.39, 0.29) is 17.9 Å². The van der Waals surface area contributed by atoms with E-state index in [2.05, 4.69) is 21.2 Å². The van der Waals surface area contributed by atoms with Gasteiger partial charge >= 0.3 is 6.03 Å². The molecule has 38 heavy (non-hydrogen) atoms. The number of hydrogen-bond donors (Lipinski definition) is 1. The Bertz CT molecular complexity index is 1440. The minimum Gasteiger partial charge on any atom is -0.497 e. The average Bonchev–Trinajstić information content (AvgIpc) is 2.87. The molecular weight excluding hydrogens is 599 g/mol. The number of halogens is 3. The van der Waals surface area contributed by atoms with Crippen molar-refractivity contribution in [1.29, 1.82) is 0 Å². The third-order valence-electron chi connectivity index (χ3n) is 5.46. The van der Waals surface area contributed by atoms with Gasteiger partial charge in [0, 0.05) is 15.6 Å². The lowest BCUT2D eigenvalue weighted by Crippen LogP contribution is -2.54. The lowest BCUT2D eigenvalue weighted by atomic mass is 10.1. The van der Waals surface area contributed by atoms with Crippen LogP contribution in [0, 0.1) is 0 Å². The number of barbiturate groups is 1. The fraction of sp³-hybridized carbons (Fsp3) is 0.148. The normalized spacial score (nSPS) is 14.5. The maximum absolute atomic E-state index is 13.2. The quantitative estimate of drug-likeness (QED) is 0.231. The van der Waals surface area contributed by atoms with Crippen LogP contribution in [0.2, 0.25) is 10.0 Å². The van der Waals surface area contributed by atoms with E-state index in [9.17, 15) is 14.4 Å². The molecule has 0 spiro atoms. The number of ether oxygens (including phenoxy) is 3. The molecule has 11 heteroatoms. The van der Waals surface area contributed by atoms with Crippen LogP contribution < -0.4 is 24.4 Å². The average molecular weight is 620 g/mol. The van der Waals surface area contributed by atoms with Gasteiger partial charge in [0.1, 0.15) is 17.9 Å². The summed E-state index contributed by atoms with van der Waals surface area (Å²) in [7, 11) is 1.51. The molecule has 4 amide bonds. The molecule has 1 fully saturated rings. The van der Waals surface area contributed by atoms with Crippen molar-refractivity contribution in [1.82, 2.24) is 5.32 Å². The Hall–Kier alpha value is -3.53. The Kier molecular flexibility index (Phi) is 8.61. The van der Waals surface area contributed by atoms with E-state index in [0.717, 1.165) is 10.5 Å². The number of urea groups is 1. The van der Waals surface area contributed by atoms with Crippen molar-refractivity contribution in [2.75, 3.05) is 18.6 Å². The van der Waals surface area contributed by atoms with Gasteiger partial charge in [-0.1, -0.05) is 29.3 Å². The molecule has 1 aliphatic heterocycles. The van der Waals surface area contributed by atoms with Crippen LogP contribution in [0.15, 0.2) is 64.6 Å². The maximum atomic E-state index is 13.2. The number of hydrogen-bond acceptors (Lipinski definition) is 6. The van der Waals surface area contributed by atoms with Crippen LogP contribution in [0.3, 0.4) is 0 Å². The van der Waals surface area contributed by atoms with Crippen LogP contribution in [0.25, 0.3) is 6.08 Å². The zero-order valence-electron chi connectivity index (χ0n) is 20.2. The molecule has 1 aliphatic rings. The van der Waals surface area contributed by atoms with Crippen molar-refractivity contribution < 1.29 is 28.6 Å². The zero-order valence-corrected chi connectivity index (χ0v) is 23.3. The Balaban J connectivity index is 1.65. The molecule has 0 saturated carbocycles. The second kappa shape index (κ2) is 11.9.